The Kier molecular flexibility index (Phi) is 4.42. The van der Waals surface area contributed by atoms with Crippen molar-refractivity contribution in [3.63, 3.8) is 0 Å². The summed E-state index contributed by atoms with van der Waals surface area (Å²) in [6.07, 6.45) is 0. The zero-order chi connectivity index (χ0) is 19.3. The summed E-state index contributed by atoms with van der Waals surface area (Å²) in [6.45, 7) is 17.5. The number of aryl methyl sites for hydroxylation is 4. The molecule has 2 aromatic rings. The van der Waals surface area contributed by atoms with E-state index in [0.717, 1.165) is 11.4 Å². The molecule has 3 rings (SSSR count). The standard InChI is InChI=1S/C24H30N2/c1-15-11-9-12-16(2)19(15)25-21-23(5,6)22(24(21,7)8)26-20-17(3)13-10-14-18(20)4/h9-14H,1-8H3. The van der Waals surface area contributed by atoms with Crippen molar-refractivity contribution in [2.24, 2.45) is 20.8 Å². The monoisotopic (exact) mass is 346 g/mol. The van der Waals surface area contributed by atoms with Gasteiger partial charge in [0.05, 0.1) is 11.4 Å². The average Bonchev–Trinajstić information content (AvgIpc) is 2.53. The van der Waals surface area contributed by atoms with E-state index in [1.165, 1.54) is 33.7 Å². The second-order valence-electron chi connectivity index (χ2n) is 8.65. The van der Waals surface area contributed by atoms with Gasteiger partial charge < -0.3 is 0 Å². The van der Waals surface area contributed by atoms with E-state index < -0.39 is 0 Å². The van der Waals surface area contributed by atoms with Gasteiger partial charge in [-0.25, -0.2) is 0 Å². The Bertz CT molecular complexity index is 793. The molecular weight excluding hydrogens is 316 g/mol. The van der Waals surface area contributed by atoms with E-state index >= 15 is 0 Å². The van der Waals surface area contributed by atoms with Gasteiger partial charge in [-0.3, -0.25) is 9.98 Å². The van der Waals surface area contributed by atoms with E-state index in [4.69, 9.17) is 9.98 Å². The molecule has 1 aliphatic carbocycles. The summed E-state index contributed by atoms with van der Waals surface area (Å²) in [4.78, 5) is 10.3. The Labute approximate surface area is 158 Å². The van der Waals surface area contributed by atoms with Crippen molar-refractivity contribution in [1.29, 1.82) is 0 Å². The first-order valence-electron chi connectivity index (χ1n) is 9.38. The van der Waals surface area contributed by atoms with E-state index in [9.17, 15) is 0 Å². The Hall–Kier alpha value is -2.22. The van der Waals surface area contributed by atoms with Crippen LogP contribution in [0.1, 0.15) is 49.9 Å². The van der Waals surface area contributed by atoms with Gasteiger partial charge in [0, 0.05) is 22.3 Å². The molecule has 136 valence electrons. The molecule has 0 unspecified atom stereocenters. The van der Waals surface area contributed by atoms with Crippen molar-refractivity contribution in [2.45, 2.75) is 55.4 Å². The van der Waals surface area contributed by atoms with E-state index in [-0.39, 0.29) is 10.8 Å². The summed E-state index contributed by atoms with van der Waals surface area (Å²) in [6, 6.07) is 12.7. The van der Waals surface area contributed by atoms with Crippen molar-refractivity contribution < 1.29 is 0 Å². The Morgan fingerprint density at radius 3 is 1.08 bits per heavy atom. The molecule has 1 fully saturated rings. The van der Waals surface area contributed by atoms with Crippen molar-refractivity contribution >= 4 is 22.8 Å². The molecule has 0 radical (unpaired) electrons. The van der Waals surface area contributed by atoms with Crippen LogP contribution < -0.4 is 0 Å². The number of hydrogen-bond donors (Lipinski definition) is 0. The molecule has 0 aliphatic heterocycles. The molecular formula is C24H30N2. The largest absolute Gasteiger partial charge is 0.255 e. The highest BCUT2D eigenvalue weighted by Crippen LogP contribution is 2.51. The highest BCUT2D eigenvalue weighted by Gasteiger charge is 2.56. The molecule has 0 aromatic heterocycles. The first kappa shape index (κ1) is 18.6. The lowest BCUT2D eigenvalue weighted by Crippen LogP contribution is -2.61. The van der Waals surface area contributed by atoms with Gasteiger partial charge in [0.2, 0.25) is 0 Å². The smallest absolute Gasteiger partial charge is 0.0688 e. The topological polar surface area (TPSA) is 24.7 Å². The molecule has 1 aliphatic rings. The summed E-state index contributed by atoms with van der Waals surface area (Å²) in [5, 5.41) is 0. The highest BCUT2D eigenvalue weighted by atomic mass is 14.9. The second kappa shape index (κ2) is 6.19. The Balaban J connectivity index is 2.12. The van der Waals surface area contributed by atoms with Gasteiger partial charge in [0.25, 0.3) is 0 Å². The molecule has 2 aromatic carbocycles. The lowest BCUT2D eigenvalue weighted by atomic mass is 9.52. The van der Waals surface area contributed by atoms with Crippen LogP contribution in [0.4, 0.5) is 11.4 Å². The van der Waals surface area contributed by atoms with Crippen LogP contribution in [0.25, 0.3) is 0 Å². The number of aliphatic imine (C=N–C) groups is 2. The van der Waals surface area contributed by atoms with Crippen LogP contribution in [0.3, 0.4) is 0 Å². The summed E-state index contributed by atoms with van der Waals surface area (Å²) in [7, 11) is 0. The van der Waals surface area contributed by atoms with Gasteiger partial charge in [-0.05, 0) is 77.6 Å². The number of benzene rings is 2. The van der Waals surface area contributed by atoms with Crippen molar-refractivity contribution in [3.8, 4) is 0 Å². The molecule has 0 bridgehead atoms. The van der Waals surface area contributed by atoms with Gasteiger partial charge >= 0.3 is 0 Å². The lowest BCUT2D eigenvalue weighted by Gasteiger charge is -2.52. The van der Waals surface area contributed by atoms with Crippen molar-refractivity contribution in [2.75, 3.05) is 0 Å². The van der Waals surface area contributed by atoms with Gasteiger partial charge in [-0.15, -0.1) is 0 Å². The van der Waals surface area contributed by atoms with Crippen LogP contribution in [-0.4, -0.2) is 11.4 Å². The van der Waals surface area contributed by atoms with Crippen LogP contribution in [0.5, 0.6) is 0 Å². The van der Waals surface area contributed by atoms with E-state index in [1.807, 2.05) is 0 Å². The fourth-order valence-electron chi connectivity index (χ4n) is 4.47. The number of rotatable bonds is 2. The molecule has 0 saturated heterocycles. The zero-order valence-corrected chi connectivity index (χ0v) is 17.4. The Morgan fingerprint density at radius 2 is 0.808 bits per heavy atom. The molecule has 0 N–H and O–H groups in total. The van der Waals surface area contributed by atoms with Crippen LogP contribution in [0.2, 0.25) is 0 Å². The van der Waals surface area contributed by atoms with Crippen LogP contribution in [0, 0.1) is 38.5 Å². The normalized spacial score (nSPS) is 17.7. The summed E-state index contributed by atoms with van der Waals surface area (Å²) >= 11 is 0. The van der Waals surface area contributed by atoms with Crippen LogP contribution >= 0.6 is 0 Å². The highest BCUT2D eigenvalue weighted by molar-refractivity contribution is 6.34. The van der Waals surface area contributed by atoms with E-state index in [1.54, 1.807) is 0 Å². The first-order chi connectivity index (χ1) is 12.1. The molecule has 26 heavy (non-hydrogen) atoms. The van der Waals surface area contributed by atoms with Crippen LogP contribution in [0.15, 0.2) is 46.4 Å². The second-order valence-corrected chi connectivity index (χ2v) is 8.65. The maximum absolute atomic E-state index is 5.14. The van der Waals surface area contributed by atoms with Crippen molar-refractivity contribution in [1.82, 2.24) is 0 Å². The van der Waals surface area contributed by atoms with Gasteiger partial charge in [-0.1, -0.05) is 36.4 Å². The maximum atomic E-state index is 5.14. The number of nitrogens with zero attached hydrogens (tertiary/aromatic N) is 2. The average molecular weight is 347 g/mol. The fourth-order valence-corrected chi connectivity index (χ4v) is 4.47. The minimum Gasteiger partial charge on any atom is -0.255 e. The third kappa shape index (κ3) is 2.82. The van der Waals surface area contributed by atoms with Crippen LogP contribution in [-0.2, 0) is 0 Å². The minimum atomic E-state index is -0.132. The number of hydrogen-bond acceptors (Lipinski definition) is 2. The Morgan fingerprint density at radius 1 is 0.538 bits per heavy atom. The predicted molar refractivity (Wildman–Crippen MR) is 114 cm³/mol. The van der Waals surface area contributed by atoms with Gasteiger partial charge in [-0.2, -0.15) is 0 Å². The maximum Gasteiger partial charge on any atom is 0.0688 e. The van der Waals surface area contributed by atoms with E-state index in [2.05, 4.69) is 91.8 Å². The SMILES string of the molecule is Cc1cccc(C)c1N=C1C(C)(C)C(=Nc2c(C)cccc2C)C1(C)C. The summed E-state index contributed by atoms with van der Waals surface area (Å²) in [5.41, 5.74) is 9.28. The van der Waals surface area contributed by atoms with E-state index in [0.29, 0.717) is 0 Å². The molecule has 0 atom stereocenters. The molecule has 1 saturated carbocycles. The third-order valence-corrected chi connectivity index (χ3v) is 5.69. The van der Waals surface area contributed by atoms with Gasteiger partial charge in [0.1, 0.15) is 0 Å². The van der Waals surface area contributed by atoms with Crippen molar-refractivity contribution in [3.05, 3.63) is 58.7 Å². The molecule has 2 heteroatoms. The molecule has 2 nitrogen and oxygen atoms in total. The number of para-hydroxylation sites is 2. The summed E-state index contributed by atoms with van der Waals surface area (Å²) < 4.78 is 0. The molecule has 0 heterocycles. The third-order valence-electron chi connectivity index (χ3n) is 5.69. The lowest BCUT2D eigenvalue weighted by molar-refractivity contribution is 0.490. The zero-order valence-electron chi connectivity index (χ0n) is 17.4. The fraction of sp³-hybridized carbons (Fsp3) is 0.417. The first-order valence-corrected chi connectivity index (χ1v) is 9.38. The predicted octanol–water partition coefficient (Wildman–Crippen LogP) is 6.83. The summed E-state index contributed by atoms with van der Waals surface area (Å²) in [5.74, 6) is 0. The molecule has 0 amide bonds. The quantitative estimate of drug-likeness (QED) is 0.569. The van der Waals surface area contributed by atoms with Gasteiger partial charge in [0.15, 0.2) is 0 Å². The molecule has 0 spiro atoms. The minimum absolute atomic E-state index is 0.132.